The van der Waals surface area contributed by atoms with Crippen LogP contribution in [0.25, 0.3) is 0 Å². The van der Waals surface area contributed by atoms with Gasteiger partial charge in [-0.2, -0.15) is 5.10 Å². The lowest BCUT2D eigenvalue weighted by molar-refractivity contribution is 0.0922. The Kier molecular flexibility index (Phi) is 3.91. The lowest BCUT2D eigenvalue weighted by Gasteiger charge is -2.20. The molecule has 1 atom stereocenters. The second-order valence-electron chi connectivity index (χ2n) is 6.20. The molecule has 0 spiro atoms. The number of hydrogen-bond donors (Lipinski definition) is 1. The highest BCUT2D eigenvalue weighted by Gasteiger charge is 2.27. The number of benzene rings is 1. The van der Waals surface area contributed by atoms with Gasteiger partial charge in [0.1, 0.15) is 5.69 Å². The standard InChI is InChI=1S/C19H20N4O/c24-19(18-8-4-13-23(18)16-9-10-16)21-17(14-22-12-5-11-20-22)15-6-2-1-3-7-15/h1-8,11-13,16-17H,9-10,14H2,(H,21,24). The van der Waals surface area contributed by atoms with Gasteiger partial charge in [0.2, 0.25) is 0 Å². The van der Waals surface area contributed by atoms with E-state index >= 15 is 0 Å². The number of amides is 1. The van der Waals surface area contributed by atoms with Gasteiger partial charge in [-0.1, -0.05) is 30.3 Å². The lowest BCUT2D eigenvalue weighted by Crippen LogP contribution is -2.32. The van der Waals surface area contributed by atoms with Crippen molar-refractivity contribution in [3.05, 3.63) is 78.4 Å². The Bertz CT molecular complexity index is 803. The SMILES string of the molecule is O=C(NC(Cn1cccn1)c1ccccc1)c1cccn1C1CC1. The summed E-state index contributed by atoms with van der Waals surface area (Å²) in [5.41, 5.74) is 1.81. The largest absolute Gasteiger partial charge is 0.342 e. The fraction of sp³-hybridized carbons (Fsp3) is 0.263. The summed E-state index contributed by atoms with van der Waals surface area (Å²) in [6, 6.07) is 16.1. The molecule has 5 heteroatoms. The normalized spacial score (nSPS) is 15.2. The maximum atomic E-state index is 12.8. The molecule has 1 aliphatic carbocycles. The van der Waals surface area contributed by atoms with E-state index < -0.39 is 0 Å². The van der Waals surface area contributed by atoms with Crippen LogP contribution in [0.15, 0.2) is 67.1 Å². The van der Waals surface area contributed by atoms with Gasteiger partial charge >= 0.3 is 0 Å². The highest BCUT2D eigenvalue weighted by Crippen LogP contribution is 2.36. The molecule has 0 bridgehead atoms. The monoisotopic (exact) mass is 320 g/mol. The maximum Gasteiger partial charge on any atom is 0.268 e. The van der Waals surface area contributed by atoms with Gasteiger partial charge in [-0.3, -0.25) is 9.48 Å². The van der Waals surface area contributed by atoms with E-state index in [0.29, 0.717) is 12.6 Å². The van der Waals surface area contributed by atoms with E-state index in [1.165, 1.54) is 0 Å². The molecule has 122 valence electrons. The summed E-state index contributed by atoms with van der Waals surface area (Å²) in [6.45, 7) is 0.604. The van der Waals surface area contributed by atoms with Crippen molar-refractivity contribution in [3.8, 4) is 0 Å². The van der Waals surface area contributed by atoms with Gasteiger partial charge in [0.15, 0.2) is 0 Å². The molecule has 2 heterocycles. The molecule has 1 fully saturated rings. The molecule has 24 heavy (non-hydrogen) atoms. The molecule has 0 radical (unpaired) electrons. The summed E-state index contributed by atoms with van der Waals surface area (Å²) in [4.78, 5) is 12.8. The van der Waals surface area contributed by atoms with Crippen molar-refractivity contribution in [1.29, 1.82) is 0 Å². The van der Waals surface area contributed by atoms with Gasteiger partial charge in [0.25, 0.3) is 5.91 Å². The zero-order valence-corrected chi connectivity index (χ0v) is 13.4. The Morgan fingerprint density at radius 1 is 1.12 bits per heavy atom. The first-order valence-corrected chi connectivity index (χ1v) is 8.31. The number of hydrogen-bond acceptors (Lipinski definition) is 2. The molecule has 1 unspecified atom stereocenters. The topological polar surface area (TPSA) is 51.9 Å². The first kappa shape index (κ1) is 14.8. The van der Waals surface area contributed by atoms with Crippen LogP contribution in [0.4, 0.5) is 0 Å². The Morgan fingerprint density at radius 2 is 1.96 bits per heavy atom. The number of carbonyl (C=O) groups excluding carboxylic acids is 1. The smallest absolute Gasteiger partial charge is 0.268 e. The molecule has 1 N–H and O–H groups in total. The van der Waals surface area contributed by atoms with Gasteiger partial charge in [-0.25, -0.2) is 0 Å². The summed E-state index contributed by atoms with van der Waals surface area (Å²) in [7, 11) is 0. The van der Waals surface area contributed by atoms with Crippen LogP contribution in [0, 0.1) is 0 Å². The minimum absolute atomic E-state index is 0.0343. The number of aromatic nitrogens is 3. The fourth-order valence-electron chi connectivity index (χ4n) is 3.00. The average molecular weight is 320 g/mol. The second-order valence-corrected chi connectivity index (χ2v) is 6.20. The van der Waals surface area contributed by atoms with Crippen LogP contribution in [-0.4, -0.2) is 20.3 Å². The van der Waals surface area contributed by atoms with Crippen molar-refractivity contribution in [1.82, 2.24) is 19.7 Å². The highest BCUT2D eigenvalue weighted by atomic mass is 16.2. The zero-order valence-electron chi connectivity index (χ0n) is 13.4. The minimum Gasteiger partial charge on any atom is -0.342 e. The molecule has 3 aromatic rings. The van der Waals surface area contributed by atoms with Crippen molar-refractivity contribution in [3.63, 3.8) is 0 Å². The molecule has 1 aromatic carbocycles. The van der Waals surface area contributed by atoms with Crippen LogP contribution >= 0.6 is 0 Å². The molecule has 0 saturated heterocycles. The Morgan fingerprint density at radius 3 is 2.67 bits per heavy atom. The predicted octanol–water partition coefficient (Wildman–Crippen LogP) is 3.19. The second kappa shape index (κ2) is 6.35. The summed E-state index contributed by atoms with van der Waals surface area (Å²) >= 11 is 0. The van der Waals surface area contributed by atoms with Crippen LogP contribution in [0.5, 0.6) is 0 Å². The third-order valence-corrected chi connectivity index (χ3v) is 4.39. The van der Waals surface area contributed by atoms with Gasteiger partial charge in [-0.15, -0.1) is 0 Å². The van der Waals surface area contributed by atoms with E-state index in [0.717, 1.165) is 24.1 Å². The van der Waals surface area contributed by atoms with E-state index in [9.17, 15) is 4.79 Å². The third kappa shape index (κ3) is 3.11. The number of rotatable bonds is 6. The molecule has 1 aliphatic rings. The highest BCUT2D eigenvalue weighted by molar-refractivity contribution is 5.93. The molecule has 2 aromatic heterocycles. The molecule has 5 nitrogen and oxygen atoms in total. The van der Waals surface area contributed by atoms with E-state index in [4.69, 9.17) is 0 Å². The Balaban J connectivity index is 1.56. The summed E-state index contributed by atoms with van der Waals surface area (Å²) in [6.07, 6.45) is 7.98. The van der Waals surface area contributed by atoms with Crippen molar-refractivity contribution in [2.45, 2.75) is 31.5 Å². The number of nitrogens with one attached hydrogen (secondary N) is 1. The van der Waals surface area contributed by atoms with Gasteiger partial charge in [-0.05, 0) is 36.6 Å². The zero-order chi connectivity index (χ0) is 16.4. The summed E-state index contributed by atoms with van der Waals surface area (Å²) < 4.78 is 3.93. The van der Waals surface area contributed by atoms with Crippen LogP contribution < -0.4 is 5.32 Å². The van der Waals surface area contributed by atoms with E-state index in [-0.39, 0.29) is 11.9 Å². The van der Waals surface area contributed by atoms with E-state index in [2.05, 4.69) is 15.0 Å². The number of nitrogens with zero attached hydrogens (tertiary/aromatic N) is 3. The molecule has 4 rings (SSSR count). The molecule has 1 saturated carbocycles. The number of carbonyl (C=O) groups is 1. The Labute approximate surface area is 140 Å². The van der Waals surface area contributed by atoms with E-state index in [1.807, 2.05) is 65.6 Å². The van der Waals surface area contributed by atoms with Gasteiger partial charge in [0.05, 0.1) is 12.6 Å². The summed E-state index contributed by atoms with van der Waals surface area (Å²) in [5, 5.41) is 7.44. The molecular formula is C19H20N4O. The first-order chi connectivity index (χ1) is 11.8. The minimum atomic E-state index is -0.124. The third-order valence-electron chi connectivity index (χ3n) is 4.39. The average Bonchev–Trinajstić information content (AvgIpc) is 3.11. The first-order valence-electron chi connectivity index (χ1n) is 8.31. The molecule has 0 aliphatic heterocycles. The van der Waals surface area contributed by atoms with Crippen molar-refractivity contribution < 1.29 is 4.79 Å². The summed E-state index contributed by atoms with van der Waals surface area (Å²) in [5.74, 6) is -0.0343. The van der Waals surface area contributed by atoms with Crippen LogP contribution in [0.2, 0.25) is 0 Å². The lowest BCUT2D eigenvalue weighted by atomic mass is 10.1. The van der Waals surface area contributed by atoms with E-state index in [1.54, 1.807) is 6.20 Å². The Hall–Kier alpha value is -2.82. The quantitative estimate of drug-likeness (QED) is 0.758. The van der Waals surface area contributed by atoms with Crippen LogP contribution in [-0.2, 0) is 6.54 Å². The van der Waals surface area contributed by atoms with Gasteiger partial charge in [0, 0.05) is 24.6 Å². The predicted molar refractivity (Wildman–Crippen MR) is 91.6 cm³/mol. The molecular weight excluding hydrogens is 300 g/mol. The molecule has 1 amide bonds. The maximum absolute atomic E-state index is 12.8. The van der Waals surface area contributed by atoms with Crippen molar-refractivity contribution in [2.24, 2.45) is 0 Å². The van der Waals surface area contributed by atoms with Crippen LogP contribution in [0.1, 0.15) is 41.0 Å². The van der Waals surface area contributed by atoms with Crippen molar-refractivity contribution >= 4 is 5.91 Å². The van der Waals surface area contributed by atoms with Crippen LogP contribution in [0.3, 0.4) is 0 Å². The van der Waals surface area contributed by atoms with Gasteiger partial charge < -0.3 is 9.88 Å². The fourth-order valence-corrected chi connectivity index (χ4v) is 3.00. The van der Waals surface area contributed by atoms with Crippen molar-refractivity contribution in [2.75, 3.05) is 0 Å².